The molecule has 6 nitrogen and oxygen atoms in total. The van der Waals surface area contributed by atoms with Crippen LogP contribution in [-0.2, 0) is 6.42 Å². The van der Waals surface area contributed by atoms with Crippen LogP contribution in [0.4, 0.5) is 31.9 Å². The third-order valence-electron chi connectivity index (χ3n) is 5.95. The van der Waals surface area contributed by atoms with Crippen molar-refractivity contribution in [1.82, 2.24) is 9.97 Å². The first-order valence-corrected chi connectivity index (χ1v) is 10.7. The molecule has 1 aromatic heterocycles. The predicted octanol–water partition coefficient (Wildman–Crippen LogP) is 5.51. The molecule has 2 heterocycles. The van der Waals surface area contributed by atoms with Gasteiger partial charge in [-0.2, -0.15) is 4.98 Å². The van der Waals surface area contributed by atoms with Crippen LogP contribution in [0.3, 0.4) is 0 Å². The first-order valence-electron chi connectivity index (χ1n) is 10.7. The van der Waals surface area contributed by atoms with Crippen molar-refractivity contribution >= 4 is 23.1 Å². The first kappa shape index (κ1) is 20.9. The number of nitrogens with zero attached hydrogens (tertiary/aromatic N) is 4. The number of ether oxygens (including phenoxy) is 1. The average Bonchev–Trinajstić information content (AvgIpc) is 3.21. The van der Waals surface area contributed by atoms with Gasteiger partial charge in [0.15, 0.2) is 0 Å². The highest BCUT2D eigenvalue weighted by atomic mass is 19.1. The van der Waals surface area contributed by atoms with Gasteiger partial charge in [0.25, 0.3) is 0 Å². The van der Waals surface area contributed by atoms with Crippen LogP contribution >= 0.6 is 0 Å². The number of aromatic nitrogens is 2. The largest absolute Gasteiger partial charge is 0.500 e. The monoisotopic (exact) mass is 445 g/mol. The van der Waals surface area contributed by atoms with Gasteiger partial charge in [-0.3, -0.25) is 0 Å². The zero-order chi connectivity index (χ0) is 22.9. The Bertz CT molecular complexity index is 1300. The summed E-state index contributed by atoms with van der Waals surface area (Å²) in [6, 6.07) is 8.90. The van der Waals surface area contributed by atoms with E-state index in [4.69, 9.17) is 21.3 Å². The van der Waals surface area contributed by atoms with Crippen LogP contribution in [0.5, 0.6) is 5.75 Å². The van der Waals surface area contributed by atoms with Gasteiger partial charge in [-0.05, 0) is 42.7 Å². The van der Waals surface area contributed by atoms with E-state index in [1.807, 2.05) is 24.1 Å². The lowest BCUT2D eigenvalue weighted by molar-refractivity contribution is 0.365. The summed E-state index contributed by atoms with van der Waals surface area (Å²) in [5.41, 5.74) is 3.25. The summed E-state index contributed by atoms with van der Waals surface area (Å²) in [7, 11) is 1.94. The number of hydrogen-bond acceptors (Lipinski definition) is 5. The maximum absolute atomic E-state index is 14.6. The lowest BCUT2D eigenvalue weighted by Crippen LogP contribution is -2.21. The molecule has 0 radical (unpaired) electrons. The van der Waals surface area contributed by atoms with Crippen molar-refractivity contribution in [3.8, 4) is 5.75 Å². The fourth-order valence-corrected chi connectivity index (χ4v) is 4.35. The summed E-state index contributed by atoms with van der Waals surface area (Å²) in [6.07, 6.45) is 5.26. The van der Waals surface area contributed by atoms with Gasteiger partial charge < -0.3 is 15.0 Å². The Hall–Kier alpha value is -3.99. The number of nitrogens with one attached hydrogen (secondary N) is 1. The fraction of sp³-hybridized carbons (Fsp3) is 0.240. The van der Waals surface area contributed by atoms with E-state index in [1.54, 1.807) is 18.2 Å². The molecule has 0 amide bonds. The summed E-state index contributed by atoms with van der Waals surface area (Å²) in [5.74, 6) is 0.162. The maximum atomic E-state index is 14.6. The van der Waals surface area contributed by atoms with Crippen LogP contribution in [0.1, 0.15) is 29.2 Å². The molecular formula is C25H21F2N5O. The van der Waals surface area contributed by atoms with Crippen LogP contribution in [0.15, 0.2) is 48.6 Å². The number of anilines is 3. The summed E-state index contributed by atoms with van der Waals surface area (Å²) in [5, 5.41) is 3.21. The summed E-state index contributed by atoms with van der Waals surface area (Å²) < 4.78 is 33.9. The van der Waals surface area contributed by atoms with E-state index >= 15 is 0 Å². The number of benzene rings is 2. The SMILES string of the molecule is [C-]#[N+]c1ccc2cc1OC/C=C\CN(C)c1nc(nc3c1CCC3c1ccc(F)cc1F)N2. The Kier molecular flexibility index (Phi) is 5.38. The van der Waals surface area contributed by atoms with Gasteiger partial charge >= 0.3 is 0 Å². The minimum Gasteiger partial charge on any atom is -0.500 e. The third kappa shape index (κ3) is 3.98. The molecule has 166 valence electrons. The van der Waals surface area contributed by atoms with Crippen molar-refractivity contribution in [3.05, 3.63) is 88.4 Å². The summed E-state index contributed by atoms with van der Waals surface area (Å²) in [6.45, 7) is 8.30. The Labute approximate surface area is 190 Å². The van der Waals surface area contributed by atoms with E-state index < -0.39 is 11.6 Å². The van der Waals surface area contributed by atoms with Gasteiger partial charge in [0.05, 0.1) is 12.3 Å². The normalized spacial score (nSPS) is 18.0. The number of likely N-dealkylation sites (N-methyl/N-ethyl adjacent to an activating group) is 1. The Balaban J connectivity index is 1.62. The van der Waals surface area contributed by atoms with Crippen molar-refractivity contribution in [2.75, 3.05) is 30.4 Å². The Morgan fingerprint density at radius 2 is 2.03 bits per heavy atom. The fourth-order valence-electron chi connectivity index (χ4n) is 4.35. The van der Waals surface area contributed by atoms with E-state index in [2.05, 4.69) is 10.2 Å². The van der Waals surface area contributed by atoms with Gasteiger partial charge in [0, 0.05) is 36.8 Å². The molecule has 1 atom stereocenters. The molecule has 2 aromatic carbocycles. The van der Waals surface area contributed by atoms with E-state index in [-0.39, 0.29) is 5.92 Å². The van der Waals surface area contributed by atoms with Gasteiger partial charge in [-0.15, -0.1) is 0 Å². The molecule has 5 rings (SSSR count). The van der Waals surface area contributed by atoms with E-state index in [1.165, 1.54) is 12.1 Å². The number of rotatable bonds is 1. The molecule has 0 saturated heterocycles. The standard InChI is InChI=1S/C25H21F2N5O/c1-28-21-10-6-16-14-22(21)33-12-4-3-11-32(2)24-19-9-8-18(23(19)30-25(29-16)31-24)17-7-5-15(26)13-20(17)27/h3-7,10,13-14,18H,8-9,11-12H2,2H3,(H,29,30,31)/b4-3-. The highest BCUT2D eigenvalue weighted by molar-refractivity contribution is 5.68. The van der Waals surface area contributed by atoms with Gasteiger partial charge in [0.2, 0.25) is 11.6 Å². The first-order chi connectivity index (χ1) is 16.0. The highest BCUT2D eigenvalue weighted by Crippen LogP contribution is 2.42. The maximum Gasteiger partial charge on any atom is 0.229 e. The molecule has 0 spiro atoms. The molecule has 1 aliphatic heterocycles. The number of halogens is 2. The van der Waals surface area contributed by atoms with Crippen molar-refractivity contribution in [3.63, 3.8) is 0 Å². The van der Waals surface area contributed by atoms with Gasteiger partial charge in [-0.25, -0.2) is 18.6 Å². The van der Waals surface area contributed by atoms with Crippen LogP contribution in [0, 0.1) is 18.2 Å². The molecule has 33 heavy (non-hydrogen) atoms. The Morgan fingerprint density at radius 3 is 2.85 bits per heavy atom. The molecule has 1 unspecified atom stereocenters. The van der Waals surface area contributed by atoms with Crippen LogP contribution in [0.2, 0.25) is 0 Å². The molecule has 1 aliphatic carbocycles. The molecule has 4 bridgehead atoms. The van der Waals surface area contributed by atoms with Crippen LogP contribution in [-0.4, -0.2) is 30.2 Å². The quantitative estimate of drug-likeness (QED) is 0.395. The van der Waals surface area contributed by atoms with E-state index in [0.29, 0.717) is 54.6 Å². The molecule has 1 N–H and O–H groups in total. The van der Waals surface area contributed by atoms with Crippen molar-refractivity contribution in [1.29, 1.82) is 0 Å². The van der Waals surface area contributed by atoms with E-state index in [0.717, 1.165) is 23.1 Å². The van der Waals surface area contributed by atoms with Crippen LogP contribution in [0.25, 0.3) is 4.85 Å². The molecular weight excluding hydrogens is 424 g/mol. The zero-order valence-electron chi connectivity index (χ0n) is 18.0. The highest BCUT2D eigenvalue weighted by Gasteiger charge is 2.32. The second-order valence-corrected chi connectivity index (χ2v) is 8.07. The van der Waals surface area contributed by atoms with Gasteiger partial charge in [0.1, 0.15) is 29.8 Å². The van der Waals surface area contributed by atoms with Crippen LogP contribution < -0.4 is 15.0 Å². The predicted molar refractivity (Wildman–Crippen MR) is 122 cm³/mol. The zero-order valence-corrected chi connectivity index (χ0v) is 18.0. The molecule has 0 saturated carbocycles. The lowest BCUT2D eigenvalue weighted by atomic mass is 9.96. The minimum atomic E-state index is -0.599. The smallest absolute Gasteiger partial charge is 0.229 e. The number of hydrogen-bond donors (Lipinski definition) is 1. The Morgan fingerprint density at radius 1 is 1.15 bits per heavy atom. The summed E-state index contributed by atoms with van der Waals surface area (Å²) >= 11 is 0. The molecule has 0 fully saturated rings. The topological polar surface area (TPSA) is 54.6 Å². The minimum absolute atomic E-state index is 0.286. The van der Waals surface area contributed by atoms with Crippen molar-refractivity contribution < 1.29 is 13.5 Å². The number of fused-ring (bicyclic) bond motifs is 6. The molecule has 3 aromatic rings. The van der Waals surface area contributed by atoms with Crippen molar-refractivity contribution in [2.45, 2.75) is 18.8 Å². The molecule has 2 aliphatic rings. The summed E-state index contributed by atoms with van der Waals surface area (Å²) in [4.78, 5) is 15.1. The molecule has 8 heteroatoms. The van der Waals surface area contributed by atoms with E-state index in [9.17, 15) is 8.78 Å². The van der Waals surface area contributed by atoms with Crippen molar-refractivity contribution in [2.24, 2.45) is 0 Å². The average molecular weight is 445 g/mol. The van der Waals surface area contributed by atoms with Gasteiger partial charge in [-0.1, -0.05) is 18.2 Å². The lowest BCUT2D eigenvalue weighted by Gasteiger charge is -2.21. The third-order valence-corrected chi connectivity index (χ3v) is 5.95. The second kappa shape index (κ2) is 8.51. The second-order valence-electron chi connectivity index (χ2n) is 8.07.